The van der Waals surface area contributed by atoms with Crippen molar-refractivity contribution in [3.63, 3.8) is 0 Å². The molecular formula is C12H14F3N3O3. The molecule has 0 aromatic carbocycles. The number of nitrogens with one attached hydrogen (secondary N) is 1. The fourth-order valence-electron chi connectivity index (χ4n) is 2.67. The molecule has 2 aliphatic rings. The number of hydrogen-bond acceptors (Lipinski definition) is 4. The summed E-state index contributed by atoms with van der Waals surface area (Å²) >= 11 is 0. The monoisotopic (exact) mass is 305 g/mol. The maximum absolute atomic E-state index is 12.8. The first-order valence-corrected chi connectivity index (χ1v) is 6.59. The van der Waals surface area contributed by atoms with Gasteiger partial charge in [0.2, 0.25) is 0 Å². The summed E-state index contributed by atoms with van der Waals surface area (Å²) in [6, 6.07) is 0. The van der Waals surface area contributed by atoms with Gasteiger partial charge >= 0.3 is 6.18 Å². The van der Waals surface area contributed by atoms with Crippen molar-refractivity contribution in [1.82, 2.24) is 15.1 Å². The maximum atomic E-state index is 12.8. The lowest BCUT2D eigenvalue weighted by Crippen LogP contribution is -2.47. The lowest BCUT2D eigenvalue weighted by atomic mass is 10.0. The smallest absolute Gasteiger partial charge is 0.347 e. The molecule has 0 unspecified atom stereocenters. The van der Waals surface area contributed by atoms with E-state index in [1.165, 1.54) is 4.90 Å². The van der Waals surface area contributed by atoms with E-state index in [2.05, 4.69) is 5.10 Å². The first-order valence-electron chi connectivity index (χ1n) is 6.59. The molecule has 0 aliphatic carbocycles. The highest BCUT2D eigenvalue weighted by Gasteiger charge is 2.43. The first kappa shape index (κ1) is 14.3. The Kier molecular flexibility index (Phi) is 3.40. The van der Waals surface area contributed by atoms with Crippen LogP contribution in [-0.4, -0.2) is 53.1 Å². The van der Waals surface area contributed by atoms with Crippen molar-refractivity contribution in [2.24, 2.45) is 0 Å². The quantitative estimate of drug-likeness (QED) is 0.852. The number of hydrogen-bond donors (Lipinski definition) is 1. The van der Waals surface area contributed by atoms with Gasteiger partial charge in [-0.3, -0.25) is 9.89 Å². The number of carbonyl (C=O) groups is 1. The van der Waals surface area contributed by atoms with E-state index in [0.29, 0.717) is 39.1 Å². The van der Waals surface area contributed by atoms with Crippen LogP contribution in [0.4, 0.5) is 13.2 Å². The van der Waals surface area contributed by atoms with Crippen LogP contribution in [0.15, 0.2) is 6.20 Å². The van der Waals surface area contributed by atoms with Crippen LogP contribution in [-0.2, 0) is 15.7 Å². The summed E-state index contributed by atoms with van der Waals surface area (Å²) < 4.78 is 49.3. The van der Waals surface area contributed by atoms with Gasteiger partial charge in [-0.2, -0.15) is 18.3 Å². The van der Waals surface area contributed by atoms with Crippen LogP contribution in [0.3, 0.4) is 0 Å². The SMILES string of the molecule is O=C(c1cn[nH]c1C(F)(F)F)N1CCC2(CC1)OCCO2. The van der Waals surface area contributed by atoms with E-state index in [9.17, 15) is 18.0 Å². The molecular weight excluding hydrogens is 291 g/mol. The predicted molar refractivity (Wildman–Crippen MR) is 63.4 cm³/mol. The molecule has 6 nitrogen and oxygen atoms in total. The fourth-order valence-corrected chi connectivity index (χ4v) is 2.67. The van der Waals surface area contributed by atoms with E-state index >= 15 is 0 Å². The number of rotatable bonds is 1. The van der Waals surface area contributed by atoms with Crippen molar-refractivity contribution in [3.05, 3.63) is 17.5 Å². The minimum Gasteiger partial charge on any atom is -0.347 e. The number of piperidine rings is 1. The van der Waals surface area contributed by atoms with Crippen molar-refractivity contribution in [2.45, 2.75) is 24.8 Å². The Labute approximate surface area is 118 Å². The van der Waals surface area contributed by atoms with Gasteiger partial charge in [0, 0.05) is 25.9 Å². The zero-order valence-electron chi connectivity index (χ0n) is 11.1. The second-order valence-electron chi connectivity index (χ2n) is 5.06. The standard InChI is InChI=1S/C12H14F3N3O3/c13-12(14,15)9-8(7-16-17-9)10(19)18-3-1-11(2-4-18)20-5-6-21-11/h7H,1-6H2,(H,16,17). The molecule has 1 spiro atoms. The normalized spacial score (nSPS) is 22.0. The Hall–Kier alpha value is -1.61. The van der Waals surface area contributed by atoms with Crippen LogP contribution in [0.1, 0.15) is 28.9 Å². The summed E-state index contributed by atoms with van der Waals surface area (Å²) in [6.07, 6.45) is -2.80. The summed E-state index contributed by atoms with van der Waals surface area (Å²) in [5.41, 5.74) is -1.56. The molecule has 2 saturated heterocycles. The zero-order chi connectivity index (χ0) is 15.1. The third-order valence-corrected chi connectivity index (χ3v) is 3.78. The van der Waals surface area contributed by atoms with Crippen molar-refractivity contribution < 1.29 is 27.4 Å². The van der Waals surface area contributed by atoms with Crippen molar-refractivity contribution in [1.29, 1.82) is 0 Å². The average molecular weight is 305 g/mol. The number of alkyl halides is 3. The van der Waals surface area contributed by atoms with Crippen LogP contribution in [0.2, 0.25) is 0 Å². The number of ether oxygens (including phenoxy) is 2. The number of aromatic nitrogens is 2. The minimum absolute atomic E-state index is 0.293. The van der Waals surface area contributed by atoms with Crippen molar-refractivity contribution in [3.8, 4) is 0 Å². The molecule has 3 rings (SSSR count). The third kappa shape index (κ3) is 2.62. The molecule has 0 atom stereocenters. The Bertz CT molecular complexity index is 527. The van der Waals surface area contributed by atoms with E-state index in [-0.39, 0.29) is 0 Å². The minimum atomic E-state index is -4.63. The van der Waals surface area contributed by atoms with E-state index in [0.717, 1.165) is 6.20 Å². The number of aromatic amines is 1. The van der Waals surface area contributed by atoms with Crippen molar-refractivity contribution >= 4 is 5.91 Å². The lowest BCUT2D eigenvalue weighted by Gasteiger charge is -2.37. The first-order chi connectivity index (χ1) is 9.91. The molecule has 1 N–H and O–H groups in total. The van der Waals surface area contributed by atoms with Crippen molar-refractivity contribution in [2.75, 3.05) is 26.3 Å². The molecule has 9 heteroatoms. The molecule has 0 bridgehead atoms. The number of carbonyl (C=O) groups excluding carboxylic acids is 1. The largest absolute Gasteiger partial charge is 0.433 e. The number of halogens is 3. The average Bonchev–Trinajstić information content (AvgIpc) is 3.07. The molecule has 3 heterocycles. The van der Waals surface area contributed by atoms with E-state index in [1.807, 2.05) is 5.10 Å². The Morgan fingerprint density at radius 2 is 1.90 bits per heavy atom. The maximum Gasteiger partial charge on any atom is 0.433 e. The van der Waals surface area contributed by atoms with Gasteiger partial charge in [-0.25, -0.2) is 0 Å². The van der Waals surface area contributed by atoms with Gasteiger partial charge in [-0.15, -0.1) is 0 Å². The van der Waals surface area contributed by atoms with Gasteiger partial charge in [0.1, 0.15) is 0 Å². The summed E-state index contributed by atoms with van der Waals surface area (Å²) in [5, 5.41) is 5.18. The van der Waals surface area contributed by atoms with Gasteiger partial charge in [0.25, 0.3) is 5.91 Å². The molecule has 2 fully saturated rings. The van der Waals surface area contributed by atoms with Crippen LogP contribution in [0, 0.1) is 0 Å². The van der Waals surface area contributed by atoms with Gasteiger partial charge in [-0.05, 0) is 0 Å². The molecule has 1 aromatic heterocycles. The molecule has 116 valence electrons. The molecule has 2 aliphatic heterocycles. The molecule has 0 saturated carbocycles. The zero-order valence-corrected chi connectivity index (χ0v) is 11.1. The van der Waals surface area contributed by atoms with Crippen LogP contribution >= 0.6 is 0 Å². The third-order valence-electron chi connectivity index (χ3n) is 3.78. The Morgan fingerprint density at radius 1 is 1.29 bits per heavy atom. The summed E-state index contributed by atoms with van der Waals surface area (Å²) in [7, 11) is 0. The van der Waals surface area contributed by atoms with Crippen LogP contribution in [0.25, 0.3) is 0 Å². The molecule has 1 aromatic rings. The molecule has 0 radical (unpaired) electrons. The predicted octanol–water partition coefficient (Wildman–Crippen LogP) is 1.41. The lowest BCUT2D eigenvalue weighted by molar-refractivity contribution is -0.181. The second-order valence-corrected chi connectivity index (χ2v) is 5.06. The summed E-state index contributed by atoms with van der Waals surface area (Å²) in [5.74, 6) is -1.34. The number of H-pyrrole nitrogens is 1. The van der Waals surface area contributed by atoms with E-state index in [1.54, 1.807) is 0 Å². The van der Waals surface area contributed by atoms with Crippen LogP contribution in [0.5, 0.6) is 0 Å². The summed E-state index contributed by atoms with van der Waals surface area (Å²) in [6.45, 7) is 1.60. The Balaban J connectivity index is 1.71. The highest BCUT2D eigenvalue weighted by atomic mass is 19.4. The fraction of sp³-hybridized carbons (Fsp3) is 0.667. The van der Waals surface area contributed by atoms with Gasteiger partial charge in [0.15, 0.2) is 11.5 Å². The number of nitrogens with zero attached hydrogens (tertiary/aromatic N) is 2. The van der Waals surface area contributed by atoms with Crippen LogP contribution < -0.4 is 0 Å². The number of amides is 1. The highest BCUT2D eigenvalue weighted by molar-refractivity contribution is 5.95. The van der Waals surface area contributed by atoms with E-state index < -0.39 is 29.1 Å². The van der Waals surface area contributed by atoms with Gasteiger partial charge in [-0.1, -0.05) is 0 Å². The van der Waals surface area contributed by atoms with E-state index in [4.69, 9.17) is 9.47 Å². The molecule has 1 amide bonds. The highest BCUT2D eigenvalue weighted by Crippen LogP contribution is 2.34. The summed E-state index contributed by atoms with van der Waals surface area (Å²) in [4.78, 5) is 13.6. The van der Waals surface area contributed by atoms with Gasteiger partial charge < -0.3 is 14.4 Å². The molecule has 21 heavy (non-hydrogen) atoms. The second kappa shape index (κ2) is 4.99. The van der Waals surface area contributed by atoms with Gasteiger partial charge in [0.05, 0.1) is 25.0 Å². The topological polar surface area (TPSA) is 67.5 Å². The Morgan fingerprint density at radius 3 is 2.48 bits per heavy atom. The number of likely N-dealkylation sites (tertiary alicyclic amines) is 1.